The lowest BCUT2D eigenvalue weighted by Crippen LogP contribution is -2.07. The standard InChI is InChI=1S/C18H19BrO4/c1-21-9-10-22-18-11-15(7-8-16(18)17(19)12-20)23-13-14-5-3-2-4-6-14/h2-8,11-12,17H,9-10,13H2,1H3. The lowest BCUT2D eigenvalue weighted by Gasteiger charge is -2.15. The monoisotopic (exact) mass is 378 g/mol. The van der Waals surface area contributed by atoms with Gasteiger partial charge in [0.1, 0.15) is 31.0 Å². The van der Waals surface area contributed by atoms with Crippen molar-refractivity contribution < 1.29 is 19.0 Å². The van der Waals surface area contributed by atoms with E-state index in [4.69, 9.17) is 14.2 Å². The van der Waals surface area contributed by atoms with E-state index in [1.165, 1.54) is 0 Å². The average molecular weight is 379 g/mol. The van der Waals surface area contributed by atoms with E-state index in [0.717, 1.165) is 17.4 Å². The Hall–Kier alpha value is -1.85. The molecule has 0 amide bonds. The second-order valence-electron chi connectivity index (χ2n) is 4.85. The molecule has 2 rings (SSSR count). The van der Waals surface area contributed by atoms with E-state index in [1.807, 2.05) is 42.5 Å². The summed E-state index contributed by atoms with van der Waals surface area (Å²) in [4.78, 5) is 10.6. The molecule has 0 heterocycles. The lowest BCUT2D eigenvalue weighted by atomic mass is 10.1. The summed E-state index contributed by atoms with van der Waals surface area (Å²) in [5, 5.41) is 0. The topological polar surface area (TPSA) is 44.8 Å². The van der Waals surface area contributed by atoms with Crippen molar-refractivity contribution in [2.45, 2.75) is 11.4 Å². The van der Waals surface area contributed by atoms with Crippen molar-refractivity contribution in [1.82, 2.24) is 0 Å². The number of benzene rings is 2. The van der Waals surface area contributed by atoms with Gasteiger partial charge in [-0.25, -0.2) is 0 Å². The van der Waals surface area contributed by atoms with Gasteiger partial charge in [-0.2, -0.15) is 0 Å². The van der Waals surface area contributed by atoms with Gasteiger partial charge in [0.05, 0.1) is 11.4 Å². The zero-order chi connectivity index (χ0) is 16.5. The fourth-order valence-electron chi connectivity index (χ4n) is 2.01. The van der Waals surface area contributed by atoms with Crippen LogP contribution in [0.25, 0.3) is 0 Å². The summed E-state index contributed by atoms with van der Waals surface area (Å²) in [5.41, 5.74) is 1.85. The summed E-state index contributed by atoms with van der Waals surface area (Å²) in [6.45, 7) is 1.36. The first-order valence-electron chi connectivity index (χ1n) is 7.26. The molecule has 0 radical (unpaired) electrons. The van der Waals surface area contributed by atoms with Gasteiger partial charge in [-0.15, -0.1) is 0 Å². The van der Waals surface area contributed by atoms with Gasteiger partial charge in [-0.1, -0.05) is 52.3 Å². The van der Waals surface area contributed by atoms with Crippen LogP contribution in [0.1, 0.15) is 16.0 Å². The maximum absolute atomic E-state index is 11.0. The zero-order valence-electron chi connectivity index (χ0n) is 12.9. The normalized spacial score (nSPS) is 11.7. The molecule has 1 unspecified atom stereocenters. The molecule has 23 heavy (non-hydrogen) atoms. The van der Waals surface area contributed by atoms with Crippen LogP contribution in [0, 0.1) is 0 Å². The second-order valence-corrected chi connectivity index (χ2v) is 5.84. The fraction of sp³-hybridized carbons (Fsp3) is 0.278. The average Bonchev–Trinajstić information content (AvgIpc) is 2.60. The minimum absolute atomic E-state index is 0.407. The zero-order valence-corrected chi connectivity index (χ0v) is 14.5. The van der Waals surface area contributed by atoms with Crippen LogP contribution in [0.4, 0.5) is 0 Å². The molecular formula is C18H19BrO4. The van der Waals surface area contributed by atoms with Gasteiger partial charge in [0, 0.05) is 18.7 Å². The molecule has 0 saturated heterocycles. The number of carbonyl (C=O) groups excluding carboxylic acids is 1. The number of alkyl halides is 1. The summed E-state index contributed by atoms with van der Waals surface area (Å²) in [6.07, 6.45) is 0.822. The van der Waals surface area contributed by atoms with Crippen LogP contribution in [-0.2, 0) is 16.1 Å². The van der Waals surface area contributed by atoms with Crippen molar-refractivity contribution in [3.05, 3.63) is 59.7 Å². The van der Waals surface area contributed by atoms with Crippen molar-refractivity contribution in [2.24, 2.45) is 0 Å². The Balaban J connectivity index is 2.10. The van der Waals surface area contributed by atoms with Crippen LogP contribution in [0.3, 0.4) is 0 Å². The molecule has 0 spiro atoms. The highest BCUT2D eigenvalue weighted by molar-refractivity contribution is 9.09. The third-order valence-corrected chi connectivity index (χ3v) is 3.90. The summed E-state index contributed by atoms with van der Waals surface area (Å²) in [5.74, 6) is 1.30. The molecule has 0 bridgehead atoms. The molecule has 0 saturated carbocycles. The van der Waals surface area contributed by atoms with E-state index in [0.29, 0.717) is 31.3 Å². The van der Waals surface area contributed by atoms with Crippen LogP contribution < -0.4 is 9.47 Å². The molecule has 0 aliphatic rings. The Morgan fingerprint density at radius 1 is 1.09 bits per heavy atom. The number of hydrogen-bond donors (Lipinski definition) is 0. The molecule has 0 fully saturated rings. The molecule has 0 aliphatic heterocycles. The van der Waals surface area contributed by atoms with Crippen molar-refractivity contribution in [1.29, 1.82) is 0 Å². The molecule has 0 aromatic heterocycles. The number of ether oxygens (including phenoxy) is 3. The molecule has 122 valence electrons. The maximum Gasteiger partial charge on any atom is 0.138 e. The molecule has 0 aliphatic carbocycles. The molecule has 2 aromatic rings. The highest BCUT2D eigenvalue weighted by Crippen LogP contribution is 2.33. The van der Waals surface area contributed by atoms with Crippen molar-refractivity contribution >= 4 is 22.2 Å². The van der Waals surface area contributed by atoms with Gasteiger partial charge < -0.3 is 19.0 Å². The van der Waals surface area contributed by atoms with E-state index >= 15 is 0 Å². The largest absolute Gasteiger partial charge is 0.491 e. The summed E-state index contributed by atoms with van der Waals surface area (Å²) < 4.78 is 16.5. The van der Waals surface area contributed by atoms with Gasteiger partial charge in [-0.05, 0) is 11.6 Å². The SMILES string of the molecule is COCCOc1cc(OCc2ccccc2)ccc1C(Br)C=O. The van der Waals surface area contributed by atoms with Gasteiger partial charge in [-0.3, -0.25) is 0 Å². The summed E-state index contributed by atoms with van der Waals surface area (Å²) >= 11 is 3.32. The van der Waals surface area contributed by atoms with Crippen molar-refractivity contribution in [3.63, 3.8) is 0 Å². The smallest absolute Gasteiger partial charge is 0.138 e. The molecule has 1 atom stereocenters. The molecule has 2 aromatic carbocycles. The Labute approximate surface area is 144 Å². The Bertz CT molecular complexity index is 616. The van der Waals surface area contributed by atoms with Gasteiger partial charge in [0.2, 0.25) is 0 Å². The maximum atomic E-state index is 11.0. The van der Waals surface area contributed by atoms with Crippen LogP contribution in [0.2, 0.25) is 0 Å². The Morgan fingerprint density at radius 3 is 2.57 bits per heavy atom. The van der Waals surface area contributed by atoms with Crippen molar-refractivity contribution in [3.8, 4) is 11.5 Å². The summed E-state index contributed by atoms with van der Waals surface area (Å²) in [7, 11) is 1.61. The predicted octanol–water partition coefficient (Wildman–Crippen LogP) is 3.93. The number of rotatable bonds is 9. The fourth-order valence-corrected chi connectivity index (χ4v) is 2.38. The van der Waals surface area contributed by atoms with Crippen molar-refractivity contribution in [2.75, 3.05) is 20.3 Å². The van der Waals surface area contributed by atoms with Gasteiger partial charge >= 0.3 is 0 Å². The highest BCUT2D eigenvalue weighted by Gasteiger charge is 2.14. The quantitative estimate of drug-likeness (QED) is 0.376. The van der Waals surface area contributed by atoms with E-state index in [9.17, 15) is 4.79 Å². The van der Waals surface area contributed by atoms with E-state index in [2.05, 4.69) is 15.9 Å². The first-order chi connectivity index (χ1) is 11.2. The predicted molar refractivity (Wildman–Crippen MR) is 92.3 cm³/mol. The van der Waals surface area contributed by atoms with Gasteiger partial charge in [0.25, 0.3) is 0 Å². The second kappa shape index (κ2) is 9.33. The summed E-state index contributed by atoms with van der Waals surface area (Å²) in [6, 6.07) is 15.4. The number of hydrogen-bond acceptors (Lipinski definition) is 4. The van der Waals surface area contributed by atoms with E-state index in [1.54, 1.807) is 13.2 Å². The van der Waals surface area contributed by atoms with E-state index < -0.39 is 4.83 Å². The highest BCUT2D eigenvalue weighted by atomic mass is 79.9. The Morgan fingerprint density at radius 2 is 1.87 bits per heavy atom. The van der Waals surface area contributed by atoms with E-state index in [-0.39, 0.29) is 0 Å². The minimum atomic E-state index is -0.414. The molecule has 5 heteroatoms. The first-order valence-corrected chi connectivity index (χ1v) is 8.18. The number of carbonyl (C=O) groups is 1. The lowest BCUT2D eigenvalue weighted by molar-refractivity contribution is -0.107. The number of methoxy groups -OCH3 is 1. The number of halogens is 1. The number of aldehydes is 1. The third-order valence-electron chi connectivity index (χ3n) is 3.19. The third kappa shape index (κ3) is 5.37. The Kier molecular flexibility index (Phi) is 7.10. The van der Waals surface area contributed by atoms with Gasteiger partial charge in [0.15, 0.2) is 0 Å². The minimum Gasteiger partial charge on any atom is -0.491 e. The van der Waals surface area contributed by atoms with Crippen LogP contribution in [-0.4, -0.2) is 26.6 Å². The molecule has 0 N–H and O–H groups in total. The molecular weight excluding hydrogens is 360 g/mol. The van der Waals surface area contributed by atoms with Crippen LogP contribution in [0.15, 0.2) is 48.5 Å². The van der Waals surface area contributed by atoms with Crippen LogP contribution >= 0.6 is 15.9 Å². The molecule has 4 nitrogen and oxygen atoms in total. The van der Waals surface area contributed by atoms with Crippen LogP contribution in [0.5, 0.6) is 11.5 Å². The first kappa shape index (κ1) is 17.5.